The van der Waals surface area contributed by atoms with Gasteiger partial charge in [-0.25, -0.2) is 0 Å². The van der Waals surface area contributed by atoms with E-state index >= 15 is 0 Å². The van der Waals surface area contributed by atoms with Crippen molar-refractivity contribution < 1.29 is 0 Å². The van der Waals surface area contributed by atoms with Crippen molar-refractivity contribution in [2.75, 3.05) is 7.05 Å². The highest BCUT2D eigenvalue weighted by Gasteiger charge is 2.11. The molecule has 0 aliphatic heterocycles. The smallest absolute Gasteiger partial charge is 0.0931 e. The molecule has 2 rings (SSSR count). The molecule has 0 radical (unpaired) electrons. The minimum Gasteiger partial charge on any atom is -0.312 e. The van der Waals surface area contributed by atoms with E-state index in [1.807, 2.05) is 13.1 Å². The van der Waals surface area contributed by atoms with Crippen LogP contribution in [0.4, 0.5) is 0 Å². The Morgan fingerprint density at radius 1 is 1.17 bits per heavy atom. The van der Waals surface area contributed by atoms with Gasteiger partial charge >= 0.3 is 0 Å². The van der Waals surface area contributed by atoms with Crippen molar-refractivity contribution in [1.29, 1.82) is 0 Å². The highest BCUT2D eigenvalue weighted by Crippen LogP contribution is 2.29. The van der Waals surface area contributed by atoms with Crippen LogP contribution < -0.4 is 5.32 Å². The molecule has 0 aliphatic carbocycles. The maximum absolute atomic E-state index is 5.99. The molecule has 96 valence electrons. The van der Waals surface area contributed by atoms with Crippen LogP contribution in [0.1, 0.15) is 28.5 Å². The molecule has 2 aromatic rings. The van der Waals surface area contributed by atoms with Gasteiger partial charge in [0.2, 0.25) is 0 Å². The zero-order valence-corrected chi connectivity index (χ0v) is 12.3. The molecule has 1 atom stereocenters. The van der Waals surface area contributed by atoms with Gasteiger partial charge in [0.15, 0.2) is 0 Å². The van der Waals surface area contributed by atoms with Crippen LogP contribution in [0.5, 0.6) is 0 Å². The van der Waals surface area contributed by atoms with E-state index in [0.29, 0.717) is 6.04 Å². The third-order valence-electron chi connectivity index (χ3n) is 3.13. The van der Waals surface area contributed by atoms with Crippen LogP contribution in [-0.2, 0) is 6.42 Å². The van der Waals surface area contributed by atoms with Crippen LogP contribution in [0.3, 0.4) is 0 Å². The Labute approximate surface area is 118 Å². The molecular formula is C15H18ClNS. The fourth-order valence-corrected chi connectivity index (χ4v) is 3.22. The molecule has 0 aliphatic rings. The summed E-state index contributed by atoms with van der Waals surface area (Å²) in [5.74, 6) is 0. The quantitative estimate of drug-likeness (QED) is 0.843. The van der Waals surface area contributed by atoms with E-state index in [4.69, 9.17) is 11.6 Å². The molecule has 0 saturated heterocycles. The zero-order chi connectivity index (χ0) is 13.0. The van der Waals surface area contributed by atoms with Crippen molar-refractivity contribution in [2.45, 2.75) is 25.8 Å². The van der Waals surface area contributed by atoms with E-state index in [-0.39, 0.29) is 0 Å². The summed E-state index contributed by atoms with van der Waals surface area (Å²) in [6.45, 7) is 2.12. The van der Waals surface area contributed by atoms with Gasteiger partial charge in [0.25, 0.3) is 0 Å². The molecule has 1 aromatic heterocycles. The van der Waals surface area contributed by atoms with Gasteiger partial charge in [-0.1, -0.05) is 41.4 Å². The monoisotopic (exact) mass is 279 g/mol. The summed E-state index contributed by atoms with van der Waals surface area (Å²) < 4.78 is 0.862. The molecule has 0 amide bonds. The minimum atomic E-state index is 0.392. The summed E-state index contributed by atoms with van der Waals surface area (Å²) in [7, 11) is 2.01. The van der Waals surface area contributed by atoms with Crippen molar-refractivity contribution in [2.24, 2.45) is 0 Å². The molecule has 18 heavy (non-hydrogen) atoms. The lowest BCUT2D eigenvalue weighted by Crippen LogP contribution is -2.15. The molecular weight excluding hydrogens is 262 g/mol. The lowest BCUT2D eigenvalue weighted by Gasteiger charge is -2.14. The fraction of sp³-hybridized carbons (Fsp3) is 0.333. The second-order valence-electron chi connectivity index (χ2n) is 4.51. The van der Waals surface area contributed by atoms with Crippen LogP contribution >= 0.6 is 22.9 Å². The Hall–Kier alpha value is -0.830. The van der Waals surface area contributed by atoms with E-state index in [1.165, 1.54) is 16.0 Å². The van der Waals surface area contributed by atoms with Crippen LogP contribution in [0.25, 0.3) is 0 Å². The normalized spacial score (nSPS) is 12.6. The van der Waals surface area contributed by atoms with Crippen LogP contribution in [0.15, 0.2) is 36.4 Å². The van der Waals surface area contributed by atoms with Gasteiger partial charge in [-0.05, 0) is 44.5 Å². The second-order valence-corrected chi connectivity index (χ2v) is 6.25. The number of nitrogens with one attached hydrogen (secondary N) is 1. The average Bonchev–Trinajstić information content (AvgIpc) is 2.79. The summed E-state index contributed by atoms with van der Waals surface area (Å²) in [5.41, 5.74) is 2.71. The van der Waals surface area contributed by atoms with Gasteiger partial charge in [0, 0.05) is 10.9 Å². The SMILES string of the molecule is CNC(CCc1ccc(C)cc1)c1ccc(Cl)s1. The summed E-state index contributed by atoms with van der Waals surface area (Å²) in [4.78, 5) is 1.31. The number of aryl methyl sites for hydroxylation is 2. The number of benzene rings is 1. The molecule has 0 spiro atoms. The number of hydrogen-bond acceptors (Lipinski definition) is 2. The molecule has 0 saturated carbocycles. The Morgan fingerprint density at radius 2 is 1.89 bits per heavy atom. The van der Waals surface area contributed by atoms with Crippen molar-refractivity contribution in [1.82, 2.24) is 5.32 Å². The predicted molar refractivity (Wildman–Crippen MR) is 80.6 cm³/mol. The molecule has 1 unspecified atom stereocenters. The second kappa shape index (κ2) is 6.37. The Kier molecular flexibility index (Phi) is 4.81. The van der Waals surface area contributed by atoms with Crippen LogP contribution in [-0.4, -0.2) is 7.05 Å². The molecule has 1 aromatic carbocycles. The van der Waals surface area contributed by atoms with Crippen molar-refractivity contribution in [3.63, 3.8) is 0 Å². The summed E-state index contributed by atoms with van der Waals surface area (Å²) in [6, 6.07) is 13.2. The van der Waals surface area contributed by atoms with E-state index in [2.05, 4.69) is 42.6 Å². The first kappa shape index (κ1) is 13.6. The highest BCUT2D eigenvalue weighted by atomic mass is 35.5. The number of rotatable bonds is 5. The van der Waals surface area contributed by atoms with Gasteiger partial charge in [0.05, 0.1) is 4.34 Å². The molecule has 0 bridgehead atoms. The van der Waals surface area contributed by atoms with Gasteiger partial charge in [-0.15, -0.1) is 11.3 Å². The van der Waals surface area contributed by atoms with Gasteiger partial charge in [0.1, 0.15) is 0 Å². The van der Waals surface area contributed by atoms with Crippen LogP contribution in [0.2, 0.25) is 4.34 Å². The fourth-order valence-electron chi connectivity index (χ4n) is 2.01. The summed E-state index contributed by atoms with van der Waals surface area (Å²) in [5, 5.41) is 3.37. The zero-order valence-electron chi connectivity index (χ0n) is 10.7. The molecule has 3 heteroatoms. The third-order valence-corrected chi connectivity index (χ3v) is 4.47. The average molecular weight is 280 g/mol. The Morgan fingerprint density at radius 3 is 2.44 bits per heavy atom. The first-order chi connectivity index (χ1) is 8.69. The summed E-state index contributed by atoms with van der Waals surface area (Å²) in [6.07, 6.45) is 2.18. The van der Waals surface area contributed by atoms with Crippen LogP contribution in [0, 0.1) is 6.92 Å². The number of hydrogen-bond donors (Lipinski definition) is 1. The van der Waals surface area contributed by atoms with Gasteiger partial charge in [-0.2, -0.15) is 0 Å². The maximum Gasteiger partial charge on any atom is 0.0931 e. The van der Waals surface area contributed by atoms with Gasteiger partial charge in [-0.3, -0.25) is 0 Å². The third kappa shape index (κ3) is 3.58. The van der Waals surface area contributed by atoms with E-state index in [9.17, 15) is 0 Å². The molecule has 1 nitrogen and oxygen atoms in total. The number of thiophene rings is 1. The van der Waals surface area contributed by atoms with Crippen molar-refractivity contribution in [3.8, 4) is 0 Å². The summed E-state index contributed by atoms with van der Waals surface area (Å²) >= 11 is 7.65. The highest BCUT2D eigenvalue weighted by molar-refractivity contribution is 7.16. The van der Waals surface area contributed by atoms with Gasteiger partial charge < -0.3 is 5.32 Å². The Balaban J connectivity index is 1.97. The number of halogens is 1. The largest absolute Gasteiger partial charge is 0.312 e. The molecule has 1 N–H and O–H groups in total. The van der Waals surface area contributed by atoms with Crippen molar-refractivity contribution in [3.05, 3.63) is 56.7 Å². The maximum atomic E-state index is 5.99. The topological polar surface area (TPSA) is 12.0 Å². The molecule has 1 heterocycles. The first-order valence-electron chi connectivity index (χ1n) is 6.17. The van der Waals surface area contributed by atoms with E-state index in [1.54, 1.807) is 11.3 Å². The van der Waals surface area contributed by atoms with Crippen molar-refractivity contribution >= 4 is 22.9 Å². The first-order valence-corrected chi connectivity index (χ1v) is 7.36. The minimum absolute atomic E-state index is 0.392. The lowest BCUT2D eigenvalue weighted by molar-refractivity contribution is 0.558. The standard InChI is InChI=1S/C15H18ClNS/c1-11-3-5-12(6-4-11)7-8-13(17-2)14-9-10-15(16)18-14/h3-6,9-10,13,17H,7-8H2,1-2H3. The van der Waals surface area contributed by atoms with E-state index in [0.717, 1.165) is 17.2 Å². The Bertz CT molecular complexity index is 489. The molecule has 0 fully saturated rings. The lowest BCUT2D eigenvalue weighted by atomic mass is 10.0. The van der Waals surface area contributed by atoms with E-state index < -0.39 is 0 Å². The predicted octanol–water partition coefficient (Wildman–Crippen LogP) is 4.60.